The van der Waals surface area contributed by atoms with E-state index in [4.69, 9.17) is 0 Å². The van der Waals surface area contributed by atoms with Crippen molar-refractivity contribution in [2.75, 3.05) is 39.8 Å². The molecule has 0 N–H and O–H groups in total. The third-order valence-corrected chi connectivity index (χ3v) is 5.16. The molecule has 0 bridgehead atoms. The molecular formula is C11H21N3S. The number of thiol groups is 1. The number of likely N-dealkylation sites (tertiary alicyclic amines) is 1. The van der Waals surface area contributed by atoms with E-state index in [-0.39, 0.29) is 0 Å². The van der Waals surface area contributed by atoms with Crippen molar-refractivity contribution in [1.29, 1.82) is 0 Å². The quantitative estimate of drug-likeness (QED) is 0.661. The lowest BCUT2D eigenvalue weighted by molar-refractivity contribution is -0.106. The van der Waals surface area contributed by atoms with Crippen LogP contribution in [0.1, 0.15) is 19.3 Å². The van der Waals surface area contributed by atoms with Crippen LogP contribution in [0.2, 0.25) is 0 Å². The highest BCUT2D eigenvalue weighted by atomic mass is 32.1. The minimum atomic E-state index is 0.628. The Labute approximate surface area is 97.9 Å². The van der Waals surface area contributed by atoms with Gasteiger partial charge in [0.05, 0.1) is 0 Å². The molecule has 3 nitrogen and oxygen atoms in total. The van der Waals surface area contributed by atoms with Crippen LogP contribution >= 0.6 is 12.8 Å². The van der Waals surface area contributed by atoms with Gasteiger partial charge in [-0.1, -0.05) is 12.8 Å². The Kier molecular flexibility index (Phi) is 2.51. The van der Waals surface area contributed by atoms with Crippen molar-refractivity contribution in [1.82, 2.24) is 14.1 Å². The van der Waals surface area contributed by atoms with Gasteiger partial charge in [0.25, 0.3) is 0 Å². The average Bonchev–Trinajstić information content (AvgIpc) is 2.17. The van der Waals surface area contributed by atoms with E-state index in [1.54, 1.807) is 0 Å². The maximum absolute atomic E-state index is 4.39. The maximum Gasteiger partial charge on any atom is 0.0248 e. The maximum atomic E-state index is 4.39. The first-order chi connectivity index (χ1) is 7.20. The predicted molar refractivity (Wildman–Crippen MR) is 65.1 cm³/mol. The molecule has 0 atom stereocenters. The second-order valence-electron chi connectivity index (χ2n) is 5.45. The second-order valence-corrected chi connectivity index (χ2v) is 6.01. The molecule has 0 aromatic heterocycles. The molecule has 2 saturated heterocycles. The number of hydrogen-bond acceptors (Lipinski definition) is 4. The van der Waals surface area contributed by atoms with Gasteiger partial charge in [-0.3, -0.25) is 9.21 Å². The smallest absolute Gasteiger partial charge is 0.0248 e. The Hall–Kier alpha value is 0.230. The topological polar surface area (TPSA) is 9.72 Å². The van der Waals surface area contributed by atoms with Crippen LogP contribution in [0.4, 0.5) is 0 Å². The molecule has 2 aliphatic heterocycles. The molecule has 0 radical (unpaired) electrons. The van der Waals surface area contributed by atoms with Gasteiger partial charge in [0.2, 0.25) is 0 Å². The predicted octanol–water partition coefficient (Wildman–Crippen LogP) is 0.685. The SMILES string of the molecule is CN1CCC12CC(N1CCN(S)CC1)C2. The minimum absolute atomic E-state index is 0.628. The molecule has 2 heterocycles. The summed E-state index contributed by atoms with van der Waals surface area (Å²) in [6.07, 6.45) is 4.26. The summed E-state index contributed by atoms with van der Waals surface area (Å²) in [5, 5.41) is 0. The highest BCUT2D eigenvalue weighted by Crippen LogP contribution is 2.48. The monoisotopic (exact) mass is 227 g/mol. The van der Waals surface area contributed by atoms with Crippen LogP contribution in [0.3, 0.4) is 0 Å². The highest BCUT2D eigenvalue weighted by molar-refractivity contribution is 7.77. The number of rotatable bonds is 1. The Morgan fingerprint density at radius 2 is 1.73 bits per heavy atom. The zero-order valence-corrected chi connectivity index (χ0v) is 10.4. The van der Waals surface area contributed by atoms with E-state index in [1.165, 1.54) is 38.9 Å². The Balaban J connectivity index is 1.50. The van der Waals surface area contributed by atoms with E-state index in [9.17, 15) is 0 Å². The normalized spacial score (nSPS) is 44.0. The molecule has 3 fully saturated rings. The van der Waals surface area contributed by atoms with Crippen LogP contribution in [0, 0.1) is 0 Å². The molecule has 1 spiro atoms. The first-order valence-electron chi connectivity index (χ1n) is 6.09. The molecule has 0 amide bonds. The van der Waals surface area contributed by atoms with Gasteiger partial charge in [-0.25, -0.2) is 0 Å². The first kappa shape index (κ1) is 10.4. The molecule has 15 heavy (non-hydrogen) atoms. The number of piperazine rings is 1. The summed E-state index contributed by atoms with van der Waals surface area (Å²) in [5.74, 6) is 0. The van der Waals surface area contributed by atoms with Crippen LogP contribution in [0.25, 0.3) is 0 Å². The van der Waals surface area contributed by atoms with Crippen LogP contribution in [-0.4, -0.2) is 65.5 Å². The third-order valence-electron chi connectivity index (χ3n) is 4.76. The molecule has 86 valence electrons. The summed E-state index contributed by atoms with van der Waals surface area (Å²) in [6, 6.07) is 0.870. The lowest BCUT2D eigenvalue weighted by atomic mass is 9.64. The molecule has 1 saturated carbocycles. The summed E-state index contributed by atoms with van der Waals surface area (Å²) in [7, 11) is 2.28. The third kappa shape index (κ3) is 1.62. The van der Waals surface area contributed by atoms with Gasteiger partial charge in [-0.15, -0.1) is 0 Å². The van der Waals surface area contributed by atoms with E-state index < -0.39 is 0 Å². The summed E-state index contributed by atoms with van der Waals surface area (Å²) in [4.78, 5) is 5.22. The number of nitrogens with zero attached hydrogens (tertiary/aromatic N) is 3. The lowest BCUT2D eigenvalue weighted by Crippen LogP contribution is -2.70. The molecule has 0 aromatic rings. The fourth-order valence-electron chi connectivity index (χ4n) is 3.32. The molecule has 3 rings (SSSR count). The van der Waals surface area contributed by atoms with Crippen molar-refractivity contribution in [2.45, 2.75) is 30.8 Å². The van der Waals surface area contributed by atoms with Gasteiger partial charge in [0, 0.05) is 44.3 Å². The zero-order chi connectivity index (χ0) is 10.5. The Morgan fingerprint density at radius 3 is 2.20 bits per heavy atom. The van der Waals surface area contributed by atoms with Gasteiger partial charge in [0.15, 0.2) is 0 Å². The fourth-order valence-corrected chi connectivity index (χ4v) is 3.50. The van der Waals surface area contributed by atoms with Gasteiger partial charge in [-0.05, 0) is 26.3 Å². The van der Waals surface area contributed by atoms with E-state index in [2.05, 4.69) is 34.0 Å². The molecule has 4 heteroatoms. The van der Waals surface area contributed by atoms with Crippen molar-refractivity contribution in [3.8, 4) is 0 Å². The molecule has 0 aromatic carbocycles. The lowest BCUT2D eigenvalue weighted by Gasteiger charge is -2.63. The zero-order valence-electron chi connectivity index (χ0n) is 9.52. The van der Waals surface area contributed by atoms with Gasteiger partial charge in [-0.2, -0.15) is 0 Å². The summed E-state index contributed by atoms with van der Waals surface area (Å²) in [6.45, 7) is 6.00. The van der Waals surface area contributed by atoms with Crippen molar-refractivity contribution in [3.05, 3.63) is 0 Å². The largest absolute Gasteiger partial charge is 0.300 e. The van der Waals surface area contributed by atoms with Crippen molar-refractivity contribution in [2.24, 2.45) is 0 Å². The van der Waals surface area contributed by atoms with Crippen LogP contribution < -0.4 is 0 Å². The minimum Gasteiger partial charge on any atom is -0.300 e. The van der Waals surface area contributed by atoms with Gasteiger partial charge < -0.3 is 4.90 Å². The average molecular weight is 227 g/mol. The number of hydrogen-bond donors (Lipinski definition) is 1. The van der Waals surface area contributed by atoms with Gasteiger partial charge in [0.1, 0.15) is 0 Å². The molecule has 0 unspecified atom stereocenters. The van der Waals surface area contributed by atoms with E-state index >= 15 is 0 Å². The van der Waals surface area contributed by atoms with Crippen LogP contribution in [0.5, 0.6) is 0 Å². The Bertz CT molecular complexity index is 244. The van der Waals surface area contributed by atoms with E-state index in [1.807, 2.05) is 0 Å². The van der Waals surface area contributed by atoms with Gasteiger partial charge >= 0.3 is 0 Å². The second kappa shape index (κ2) is 3.62. The first-order valence-corrected chi connectivity index (χ1v) is 6.49. The highest BCUT2D eigenvalue weighted by Gasteiger charge is 2.53. The fraction of sp³-hybridized carbons (Fsp3) is 1.00. The molecular weight excluding hydrogens is 206 g/mol. The van der Waals surface area contributed by atoms with Crippen molar-refractivity contribution < 1.29 is 0 Å². The summed E-state index contributed by atoms with van der Waals surface area (Å²) < 4.78 is 2.14. The van der Waals surface area contributed by atoms with Crippen molar-refractivity contribution >= 4 is 12.8 Å². The van der Waals surface area contributed by atoms with E-state index in [0.717, 1.165) is 19.1 Å². The molecule has 1 aliphatic carbocycles. The molecule has 3 aliphatic rings. The Morgan fingerprint density at radius 1 is 1.07 bits per heavy atom. The summed E-state index contributed by atoms with van der Waals surface area (Å²) in [5.41, 5.74) is 0.628. The van der Waals surface area contributed by atoms with E-state index in [0.29, 0.717) is 5.54 Å². The standard InChI is InChI=1S/C11H21N3S/c1-12-3-2-11(12)8-10(9-11)13-4-6-14(15)7-5-13/h10,15H,2-9H2,1H3. The summed E-state index contributed by atoms with van der Waals surface area (Å²) >= 11 is 4.39. The van der Waals surface area contributed by atoms with Crippen molar-refractivity contribution in [3.63, 3.8) is 0 Å². The van der Waals surface area contributed by atoms with Crippen LogP contribution in [-0.2, 0) is 0 Å². The van der Waals surface area contributed by atoms with Crippen LogP contribution in [0.15, 0.2) is 0 Å².